The van der Waals surface area contributed by atoms with Crippen molar-refractivity contribution in [2.24, 2.45) is 16.8 Å². The van der Waals surface area contributed by atoms with Crippen LogP contribution in [0.5, 0.6) is 0 Å². The second-order valence-corrected chi connectivity index (χ2v) is 5.39. The van der Waals surface area contributed by atoms with Crippen molar-refractivity contribution in [1.82, 2.24) is 15.6 Å². The molecule has 6 nitrogen and oxygen atoms in total. The maximum absolute atomic E-state index is 5.47. The first-order valence-corrected chi connectivity index (χ1v) is 7.77. The fraction of sp³-hybridized carbons (Fsp3) is 0.929. The molecule has 0 aromatic carbocycles. The van der Waals surface area contributed by atoms with E-state index in [2.05, 4.69) is 27.7 Å². The zero-order valence-corrected chi connectivity index (χ0v) is 13.0. The van der Waals surface area contributed by atoms with Gasteiger partial charge in [0, 0.05) is 26.3 Å². The normalized spacial score (nSPS) is 18.2. The minimum Gasteiger partial charge on any atom is -0.382 e. The molecule has 118 valence electrons. The summed E-state index contributed by atoms with van der Waals surface area (Å²) in [5.41, 5.74) is 2.63. The molecule has 1 rings (SSSR count). The van der Waals surface area contributed by atoms with Crippen LogP contribution in [0.3, 0.4) is 0 Å². The number of rotatable bonds is 8. The van der Waals surface area contributed by atoms with Gasteiger partial charge in [0.2, 0.25) is 5.96 Å². The summed E-state index contributed by atoms with van der Waals surface area (Å²) in [5.74, 6) is 6.99. The minimum atomic E-state index is 0.689. The summed E-state index contributed by atoms with van der Waals surface area (Å²) in [6.07, 6.45) is 4.72. The maximum atomic E-state index is 5.47. The van der Waals surface area contributed by atoms with E-state index in [9.17, 15) is 0 Å². The lowest BCUT2D eigenvalue weighted by molar-refractivity contribution is 0.146. The SMILES string of the molecule is CCOCCCN=C(NN)NCCC1CCN(C)CC1. The summed E-state index contributed by atoms with van der Waals surface area (Å²) >= 11 is 0. The predicted octanol–water partition coefficient (Wildman–Crippen LogP) is 0.554. The topological polar surface area (TPSA) is 74.9 Å². The van der Waals surface area contributed by atoms with Gasteiger partial charge in [-0.1, -0.05) is 0 Å². The molecule has 0 aliphatic carbocycles. The van der Waals surface area contributed by atoms with Crippen molar-refractivity contribution in [3.8, 4) is 0 Å². The molecule has 1 aliphatic heterocycles. The fourth-order valence-electron chi connectivity index (χ4n) is 2.40. The summed E-state index contributed by atoms with van der Waals surface area (Å²) in [6.45, 7) is 7.63. The van der Waals surface area contributed by atoms with E-state index in [0.29, 0.717) is 5.96 Å². The standard InChI is InChI=1S/C14H31N5O/c1-3-20-12-4-8-16-14(18-15)17-9-5-13-6-10-19(2)11-7-13/h13H,3-12,15H2,1-2H3,(H2,16,17,18). The van der Waals surface area contributed by atoms with Crippen LogP contribution < -0.4 is 16.6 Å². The first kappa shape index (κ1) is 17.2. The molecule has 0 aromatic heterocycles. The zero-order valence-electron chi connectivity index (χ0n) is 13.0. The molecule has 1 heterocycles. The molecule has 4 N–H and O–H groups in total. The number of nitrogens with zero attached hydrogens (tertiary/aromatic N) is 2. The molecule has 20 heavy (non-hydrogen) atoms. The van der Waals surface area contributed by atoms with Crippen LogP contribution in [0.15, 0.2) is 4.99 Å². The maximum Gasteiger partial charge on any atom is 0.205 e. The Kier molecular flexibility index (Phi) is 9.36. The van der Waals surface area contributed by atoms with E-state index in [-0.39, 0.29) is 0 Å². The number of aliphatic imine (C=N–C) groups is 1. The highest BCUT2D eigenvalue weighted by molar-refractivity contribution is 5.79. The largest absolute Gasteiger partial charge is 0.382 e. The van der Waals surface area contributed by atoms with Gasteiger partial charge in [-0.05, 0) is 58.7 Å². The Balaban J connectivity index is 2.09. The molecule has 6 heteroatoms. The van der Waals surface area contributed by atoms with Crippen molar-refractivity contribution in [3.63, 3.8) is 0 Å². The number of nitrogens with one attached hydrogen (secondary N) is 2. The summed E-state index contributed by atoms with van der Waals surface area (Å²) in [5, 5.41) is 3.28. The number of hydrogen-bond donors (Lipinski definition) is 3. The molecule has 0 radical (unpaired) electrons. The predicted molar refractivity (Wildman–Crippen MR) is 83.6 cm³/mol. The highest BCUT2D eigenvalue weighted by Crippen LogP contribution is 2.18. The van der Waals surface area contributed by atoms with E-state index < -0.39 is 0 Å². The minimum absolute atomic E-state index is 0.689. The van der Waals surface area contributed by atoms with Gasteiger partial charge < -0.3 is 15.0 Å². The van der Waals surface area contributed by atoms with Gasteiger partial charge in [-0.25, -0.2) is 5.84 Å². The van der Waals surface area contributed by atoms with Crippen LogP contribution in [0.1, 0.15) is 32.6 Å². The van der Waals surface area contributed by atoms with Crippen LogP contribution in [0.2, 0.25) is 0 Å². The molecular formula is C14H31N5O. The van der Waals surface area contributed by atoms with Crippen molar-refractivity contribution in [3.05, 3.63) is 0 Å². The number of likely N-dealkylation sites (tertiary alicyclic amines) is 1. The van der Waals surface area contributed by atoms with E-state index in [4.69, 9.17) is 10.6 Å². The zero-order chi connectivity index (χ0) is 14.6. The fourth-order valence-corrected chi connectivity index (χ4v) is 2.40. The molecule has 0 saturated carbocycles. The highest BCUT2D eigenvalue weighted by atomic mass is 16.5. The quantitative estimate of drug-likeness (QED) is 0.200. The third-order valence-electron chi connectivity index (χ3n) is 3.74. The van der Waals surface area contributed by atoms with Crippen molar-refractivity contribution in [1.29, 1.82) is 0 Å². The molecule has 1 fully saturated rings. The summed E-state index contributed by atoms with van der Waals surface area (Å²) < 4.78 is 5.27. The number of piperidine rings is 1. The van der Waals surface area contributed by atoms with Gasteiger partial charge in [-0.2, -0.15) is 0 Å². The first-order chi connectivity index (χ1) is 9.76. The third-order valence-corrected chi connectivity index (χ3v) is 3.74. The molecule has 1 aliphatic rings. The molecule has 0 bridgehead atoms. The molecule has 0 atom stereocenters. The van der Waals surface area contributed by atoms with Gasteiger partial charge in [-0.3, -0.25) is 10.4 Å². The Morgan fingerprint density at radius 3 is 2.80 bits per heavy atom. The van der Waals surface area contributed by atoms with E-state index in [1.54, 1.807) is 0 Å². The second kappa shape index (κ2) is 10.9. The number of guanidine groups is 1. The Bertz CT molecular complexity index is 264. The van der Waals surface area contributed by atoms with Gasteiger partial charge in [0.25, 0.3) is 0 Å². The van der Waals surface area contributed by atoms with E-state index in [1.807, 2.05) is 6.92 Å². The first-order valence-electron chi connectivity index (χ1n) is 7.77. The highest BCUT2D eigenvalue weighted by Gasteiger charge is 2.15. The Morgan fingerprint density at radius 2 is 2.15 bits per heavy atom. The van der Waals surface area contributed by atoms with Crippen LogP contribution in [0.4, 0.5) is 0 Å². The van der Waals surface area contributed by atoms with E-state index in [0.717, 1.165) is 38.6 Å². The average Bonchev–Trinajstić information content (AvgIpc) is 2.47. The number of nitrogens with two attached hydrogens (primary N) is 1. The second-order valence-electron chi connectivity index (χ2n) is 5.39. The van der Waals surface area contributed by atoms with Gasteiger partial charge in [-0.15, -0.1) is 0 Å². The summed E-state index contributed by atoms with van der Waals surface area (Å²) in [7, 11) is 2.19. The van der Waals surface area contributed by atoms with Crippen LogP contribution in [0, 0.1) is 5.92 Å². The molecular weight excluding hydrogens is 254 g/mol. The van der Waals surface area contributed by atoms with E-state index in [1.165, 1.54) is 32.4 Å². The molecule has 1 saturated heterocycles. The van der Waals surface area contributed by atoms with Crippen molar-refractivity contribution >= 4 is 5.96 Å². The molecule has 0 amide bonds. The van der Waals surface area contributed by atoms with Gasteiger partial charge >= 0.3 is 0 Å². The molecule has 0 spiro atoms. The monoisotopic (exact) mass is 285 g/mol. The van der Waals surface area contributed by atoms with Crippen LogP contribution in [-0.4, -0.2) is 57.3 Å². The lowest BCUT2D eigenvalue weighted by Crippen LogP contribution is -2.42. The lowest BCUT2D eigenvalue weighted by Gasteiger charge is -2.29. The van der Waals surface area contributed by atoms with Gasteiger partial charge in [0.1, 0.15) is 0 Å². The number of hydrogen-bond acceptors (Lipinski definition) is 4. The van der Waals surface area contributed by atoms with Crippen LogP contribution in [-0.2, 0) is 4.74 Å². The smallest absolute Gasteiger partial charge is 0.205 e. The average molecular weight is 285 g/mol. The van der Waals surface area contributed by atoms with Crippen LogP contribution >= 0.6 is 0 Å². The molecule has 0 aromatic rings. The van der Waals surface area contributed by atoms with E-state index >= 15 is 0 Å². The summed E-state index contributed by atoms with van der Waals surface area (Å²) in [6, 6.07) is 0. The lowest BCUT2D eigenvalue weighted by atomic mass is 9.94. The van der Waals surface area contributed by atoms with Gasteiger partial charge in [0.05, 0.1) is 0 Å². The van der Waals surface area contributed by atoms with Gasteiger partial charge in [0.15, 0.2) is 0 Å². The molecule has 0 unspecified atom stereocenters. The Morgan fingerprint density at radius 1 is 1.40 bits per heavy atom. The Hall–Kier alpha value is -0.850. The van der Waals surface area contributed by atoms with Crippen molar-refractivity contribution in [2.75, 3.05) is 46.4 Å². The third kappa shape index (κ3) is 7.67. The number of hydrazine groups is 1. The van der Waals surface area contributed by atoms with Crippen molar-refractivity contribution < 1.29 is 4.74 Å². The van der Waals surface area contributed by atoms with Crippen molar-refractivity contribution in [2.45, 2.75) is 32.6 Å². The van der Waals surface area contributed by atoms with Crippen LogP contribution in [0.25, 0.3) is 0 Å². The Labute approximate surface area is 123 Å². The summed E-state index contributed by atoms with van der Waals surface area (Å²) in [4.78, 5) is 6.79. The number of ether oxygens (including phenoxy) is 1.